The van der Waals surface area contributed by atoms with E-state index in [9.17, 15) is 23.9 Å². The quantitative estimate of drug-likeness (QED) is 0.495. The highest BCUT2D eigenvalue weighted by Gasteiger charge is 2.49. The molecule has 1 aromatic carbocycles. The zero-order valence-electron chi connectivity index (χ0n) is 19.4. The number of aryl methyl sites for hydroxylation is 1. The molecule has 0 aliphatic heterocycles. The summed E-state index contributed by atoms with van der Waals surface area (Å²) in [5.74, 6) is -2.13. The molecular formula is C25H30FN3O4. The van der Waals surface area contributed by atoms with Crippen LogP contribution < -0.4 is 10.6 Å². The van der Waals surface area contributed by atoms with Gasteiger partial charge in [-0.05, 0) is 88.1 Å². The molecule has 33 heavy (non-hydrogen) atoms. The molecule has 2 amide bonds. The van der Waals surface area contributed by atoms with Crippen molar-refractivity contribution in [1.82, 2.24) is 4.57 Å². The Labute approximate surface area is 192 Å². The van der Waals surface area contributed by atoms with Crippen LogP contribution in [0.25, 0.3) is 0 Å². The molecule has 0 bridgehead atoms. The van der Waals surface area contributed by atoms with E-state index in [0.717, 1.165) is 12.8 Å². The Balaban J connectivity index is 1.78. The largest absolute Gasteiger partial charge is 0.393 e. The Kier molecular flexibility index (Phi) is 5.68. The van der Waals surface area contributed by atoms with Gasteiger partial charge in [-0.2, -0.15) is 0 Å². The number of hydrogen-bond donors (Lipinski definition) is 2. The molecule has 7 nitrogen and oxygen atoms in total. The van der Waals surface area contributed by atoms with Crippen LogP contribution in [-0.4, -0.2) is 38.9 Å². The standard InChI is InChI=1S/C25H30FN3O4/c1-13-9-16(7-8-18(13)26)29(25(3)11-17(30)12-25)24(33)22(31)21-14(2)20(23(27)32)19(28(21)4)10-15-5-6-15/h7-9,15,17,30H,5-6,10-12H2,1-4H3,(H2,27,32). The van der Waals surface area contributed by atoms with Crippen LogP contribution >= 0.6 is 0 Å². The van der Waals surface area contributed by atoms with E-state index in [1.807, 2.05) is 0 Å². The number of carbonyl (C=O) groups excluding carboxylic acids is 3. The molecule has 1 aromatic heterocycles. The van der Waals surface area contributed by atoms with Crippen molar-refractivity contribution < 1.29 is 23.9 Å². The summed E-state index contributed by atoms with van der Waals surface area (Å²) in [6.45, 7) is 5.03. The predicted molar refractivity (Wildman–Crippen MR) is 122 cm³/mol. The number of nitrogens with two attached hydrogens (primary N) is 1. The van der Waals surface area contributed by atoms with E-state index in [0.29, 0.717) is 53.3 Å². The molecule has 3 N–H and O–H groups in total. The molecule has 0 saturated heterocycles. The number of aromatic nitrogens is 1. The van der Waals surface area contributed by atoms with Crippen molar-refractivity contribution in [1.29, 1.82) is 0 Å². The van der Waals surface area contributed by atoms with Crippen LogP contribution in [0.15, 0.2) is 18.2 Å². The molecule has 2 saturated carbocycles. The van der Waals surface area contributed by atoms with Gasteiger partial charge in [-0.25, -0.2) is 4.39 Å². The fraction of sp³-hybridized carbons (Fsp3) is 0.480. The number of hydrogen-bond acceptors (Lipinski definition) is 4. The van der Waals surface area contributed by atoms with Crippen LogP contribution in [0.1, 0.15) is 70.3 Å². The molecule has 8 heteroatoms. The number of aliphatic hydroxyl groups is 1. The smallest absolute Gasteiger partial charge is 0.301 e. The molecule has 0 atom stereocenters. The summed E-state index contributed by atoms with van der Waals surface area (Å²) in [4.78, 5) is 40.9. The number of rotatable bonds is 7. The first kappa shape index (κ1) is 23.2. The van der Waals surface area contributed by atoms with Gasteiger partial charge in [0, 0.05) is 18.4 Å². The Hall–Kier alpha value is -3.00. The fourth-order valence-corrected chi connectivity index (χ4v) is 5.16. The van der Waals surface area contributed by atoms with Gasteiger partial charge >= 0.3 is 5.91 Å². The maximum atomic E-state index is 13.9. The Morgan fingerprint density at radius 1 is 1.24 bits per heavy atom. The zero-order chi connectivity index (χ0) is 24.2. The van der Waals surface area contributed by atoms with Crippen LogP contribution in [0, 0.1) is 25.6 Å². The highest BCUT2D eigenvalue weighted by Crippen LogP contribution is 2.41. The number of amides is 2. The minimum absolute atomic E-state index is 0.136. The van der Waals surface area contributed by atoms with E-state index in [-0.39, 0.29) is 5.69 Å². The zero-order valence-corrected chi connectivity index (χ0v) is 19.4. The van der Waals surface area contributed by atoms with Crippen molar-refractivity contribution in [2.24, 2.45) is 18.7 Å². The molecule has 2 aromatic rings. The lowest BCUT2D eigenvalue weighted by Gasteiger charge is -2.50. The Morgan fingerprint density at radius 2 is 1.88 bits per heavy atom. The number of carbonyl (C=O) groups is 3. The van der Waals surface area contributed by atoms with E-state index in [1.54, 1.807) is 32.4 Å². The number of aliphatic hydroxyl groups excluding tert-OH is 1. The summed E-state index contributed by atoms with van der Waals surface area (Å²) in [6.07, 6.45) is 2.76. The second-order valence-electron chi connectivity index (χ2n) is 9.83. The van der Waals surface area contributed by atoms with Crippen molar-refractivity contribution in [2.75, 3.05) is 4.90 Å². The predicted octanol–water partition coefficient (Wildman–Crippen LogP) is 2.96. The van der Waals surface area contributed by atoms with Crippen molar-refractivity contribution in [3.63, 3.8) is 0 Å². The van der Waals surface area contributed by atoms with Gasteiger partial charge < -0.3 is 15.4 Å². The third kappa shape index (κ3) is 3.97. The summed E-state index contributed by atoms with van der Waals surface area (Å²) < 4.78 is 15.5. The summed E-state index contributed by atoms with van der Waals surface area (Å²) in [6, 6.07) is 4.26. The molecule has 2 fully saturated rings. The third-order valence-electron chi connectivity index (χ3n) is 7.09. The number of benzene rings is 1. The van der Waals surface area contributed by atoms with Gasteiger partial charge in [0.25, 0.3) is 11.7 Å². The Morgan fingerprint density at radius 3 is 2.39 bits per heavy atom. The number of nitrogens with zero attached hydrogens (tertiary/aromatic N) is 2. The fourth-order valence-electron chi connectivity index (χ4n) is 5.16. The lowest BCUT2D eigenvalue weighted by molar-refractivity contribution is -0.117. The van der Waals surface area contributed by atoms with Gasteiger partial charge in [-0.15, -0.1) is 0 Å². The maximum absolute atomic E-state index is 13.9. The molecule has 1 heterocycles. The first-order valence-electron chi connectivity index (χ1n) is 11.3. The average Bonchev–Trinajstić information content (AvgIpc) is 3.48. The first-order valence-corrected chi connectivity index (χ1v) is 11.3. The van der Waals surface area contributed by atoms with Gasteiger partial charge in [-0.3, -0.25) is 19.3 Å². The van der Waals surface area contributed by atoms with Crippen molar-refractivity contribution in [3.8, 4) is 0 Å². The van der Waals surface area contributed by atoms with Gasteiger partial charge in [0.15, 0.2) is 0 Å². The summed E-state index contributed by atoms with van der Waals surface area (Å²) in [5, 5.41) is 9.96. The Bertz CT molecular complexity index is 1160. The first-order chi connectivity index (χ1) is 15.4. The molecule has 2 aliphatic rings. The van der Waals surface area contributed by atoms with Gasteiger partial charge in [0.05, 0.1) is 22.9 Å². The van der Waals surface area contributed by atoms with Crippen molar-refractivity contribution in [3.05, 3.63) is 52.1 Å². The SMILES string of the molecule is Cc1cc(N(C(=O)C(=O)c2c(C)c(C(N)=O)c(CC3CC3)n2C)C2(C)CC(O)C2)ccc1F. The summed E-state index contributed by atoms with van der Waals surface area (Å²) >= 11 is 0. The number of primary amides is 1. The van der Waals surface area contributed by atoms with Gasteiger partial charge in [0.2, 0.25) is 0 Å². The van der Waals surface area contributed by atoms with Crippen LogP contribution in [0.4, 0.5) is 10.1 Å². The monoisotopic (exact) mass is 455 g/mol. The molecule has 0 spiro atoms. The van der Waals surface area contributed by atoms with Gasteiger partial charge in [-0.1, -0.05) is 0 Å². The van der Waals surface area contributed by atoms with E-state index in [1.165, 1.54) is 23.1 Å². The molecule has 4 rings (SSSR count). The number of ketones is 1. The average molecular weight is 456 g/mol. The van der Waals surface area contributed by atoms with E-state index in [2.05, 4.69) is 0 Å². The molecule has 176 valence electrons. The normalized spacial score (nSPS) is 22.1. The van der Waals surface area contributed by atoms with Crippen LogP contribution in [0.2, 0.25) is 0 Å². The molecule has 0 radical (unpaired) electrons. The number of halogens is 1. The number of Topliss-reactive ketones (excluding diaryl/α,β-unsaturated/α-hetero) is 1. The van der Waals surface area contributed by atoms with E-state index >= 15 is 0 Å². The molecule has 0 unspecified atom stereocenters. The summed E-state index contributed by atoms with van der Waals surface area (Å²) in [7, 11) is 1.68. The van der Waals surface area contributed by atoms with E-state index < -0.39 is 35.1 Å². The third-order valence-corrected chi connectivity index (χ3v) is 7.09. The van der Waals surface area contributed by atoms with Crippen molar-refractivity contribution >= 4 is 23.3 Å². The van der Waals surface area contributed by atoms with Crippen LogP contribution in [0.3, 0.4) is 0 Å². The van der Waals surface area contributed by atoms with Crippen molar-refractivity contribution in [2.45, 2.75) is 64.5 Å². The minimum Gasteiger partial charge on any atom is -0.393 e. The molecule has 2 aliphatic carbocycles. The van der Waals surface area contributed by atoms with E-state index in [4.69, 9.17) is 5.73 Å². The van der Waals surface area contributed by atoms with Crippen LogP contribution in [0.5, 0.6) is 0 Å². The molecular weight excluding hydrogens is 425 g/mol. The topological polar surface area (TPSA) is 106 Å². The number of anilines is 1. The van der Waals surface area contributed by atoms with Gasteiger partial charge in [0.1, 0.15) is 5.82 Å². The lowest BCUT2D eigenvalue weighted by Crippen LogP contribution is -2.61. The second-order valence-corrected chi connectivity index (χ2v) is 9.83. The highest BCUT2D eigenvalue weighted by atomic mass is 19.1. The second kappa shape index (κ2) is 8.09. The van der Waals surface area contributed by atoms with Crippen LogP contribution in [-0.2, 0) is 18.3 Å². The summed E-state index contributed by atoms with van der Waals surface area (Å²) in [5.41, 5.74) is 7.10. The lowest BCUT2D eigenvalue weighted by atomic mass is 9.74. The minimum atomic E-state index is -0.793. The highest BCUT2D eigenvalue weighted by molar-refractivity contribution is 6.47. The maximum Gasteiger partial charge on any atom is 0.301 e.